The molecule has 0 amide bonds. The Hall–Kier alpha value is -13.4. The quantitative estimate of drug-likeness (QED) is 0.112. The van der Waals surface area contributed by atoms with E-state index in [0.717, 1.165) is 22.3 Å². The highest BCUT2D eigenvalue weighted by Crippen LogP contribution is 2.51. The number of hydrogen-bond acceptors (Lipinski definition) is 2. The van der Waals surface area contributed by atoms with Crippen LogP contribution < -0.4 is 0 Å². The Morgan fingerprint density at radius 1 is 0.137 bits per heavy atom. The van der Waals surface area contributed by atoms with Crippen molar-refractivity contribution >= 4 is 130 Å². The molecule has 0 spiro atoms. The molecule has 20 aromatic carbocycles. The van der Waals surface area contributed by atoms with Crippen LogP contribution in [0.4, 0.5) is 0 Å². The molecular weight excluding hydrogens is 1230 g/mol. The second-order valence-corrected chi connectivity index (χ2v) is 27.1. The fraction of sp³-hybridized carbons (Fsp3) is 0. The standard InChI is InChI=1S/2C50H30O/c1-2-12-37-31(9-1)10-7-17-38(37)32-19-23-35(24-20-32)47-40-13-3-5-15-42(40)48(43-16-6-4-14-41(43)47)36-25-21-33(22-26-36)39-29-30-46-50-44(39)28-27-34-11-8-18-45(51-46)49(34)50;1-2-12-31(13-3-1)33-15-10-16-34(30-33)47-39-19-6-8-21-41(39)49(42-22-9-7-20-40(42)47)43-27-26-37(35-17-4-5-18-36(35)43)38-28-29-46-50-44(38)25-24-32-14-11-23-45(51-46)48(32)50/h2*1-30H. The number of furan rings is 2. The van der Waals surface area contributed by atoms with Gasteiger partial charge in [0.05, 0.1) is 0 Å². The molecule has 102 heavy (non-hydrogen) atoms. The second-order valence-electron chi connectivity index (χ2n) is 27.1. The van der Waals surface area contributed by atoms with E-state index in [9.17, 15) is 0 Å². The van der Waals surface area contributed by atoms with Gasteiger partial charge in [0.1, 0.15) is 22.3 Å². The van der Waals surface area contributed by atoms with E-state index in [2.05, 4.69) is 364 Å². The largest absolute Gasteiger partial charge is 0.456 e. The van der Waals surface area contributed by atoms with E-state index in [-0.39, 0.29) is 0 Å². The van der Waals surface area contributed by atoms with Crippen molar-refractivity contribution in [1.29, 1.82) is 0 Å². The Bertz CT molecular complexity index is 6970. The van der Waals surface area contributed by atoms with E-state index < -0.39 is 0 Å². The van der Waals surface area contributed by atoms with E-state index in [4.69, 9.17) is 8.83 Å². The third kappa shape index (κ3) is 9.00. The minimum atomic E-state index is 0.939. The molecule has 2 nitrogen and oxygen atoms in total. The minimum absolute atomic E-state index is 0.939. The zero-order valence-corrected chi connectivity index (χ0v) is 55.5. The van der Waals surface area contributed by atoms with Crippen LogP contribution in [0.5, 0.6) is 0 Å². The smallest absolute Gasteiger partial charge is 0.136 e. The number of rotatable bonds is 8. The lowest BCUT2D eigenvalue weighted by Crippen LogP contribution is -1.93. The summed E-state index contributed by atoms with van der Waals surface area (Å²) >= 11 is 0. The summed E-state index contributed by atoms with van der Waals surface area (Å²) in [5, 5.41) is 24.8. The molecule has 0 unspecified atom stereocenters. The molecule has 0 fully saturated rings. The molecule has 0 radical (unpaired) electrons. The topological polar surface area (TPSA) is 26.3 Å². The van der Waals surface area contributed by atoms with Gasteiger partial charge in [0.2, 0.25) is 0 Å². The Labute approximate surface area is 588 Å². The van der Waals surface area contributed by atoms with Crippen LogP contribution in [-0.2, 0) is 0 Å². The van der Waals surface area contributed by atoms with Crippen molar-refractivity contribution in [2.45, 2.75) is 0 Å². The summed E-state index contributed by atoms with van der Waals surface area (Å²) in [6.45, 7) is 0. The summed E-state index contributed by atoms with van der Waals surface area (Å²) in [7, 11) is 0. The van der Waals surface area contributed by atoms with Crippen LogP contribution in [0.2, 0.25) is 0 Å². The average molecular weight is 1290 g/mol. The van der Waals surface area contributed by atoms with Crippen LogP contribution in [0, 0.1) is 0 Å². The summed E-state index contributed by atoms with van der Waals surface area (Å²) in [5.74, 6) is 0. The van der Waals surface area contributed by atoms with E-state index in [0.29, 0.717) is 0 Å². The lowest BCUT2D eigenvalue weighted by atomic mass is 9.83. The summed E-state index contributed by atoms with van der Waals surface area (Å²) in [6, 6.07) is 133. The summed E-state index contributed by atoms with van der Waals surface area (Å²) in [6.07, 6.45) is 0. The third-order valence-corrected chi connectivity index (χ3v) is 21.7. The van der Waals surface area contributed by atoms with Gasteiger partial charge >= 0.3 is 0 Å². The van der Waals surface area contributed by atoms with Crippen LogP contribution in [0.1, 0.15) is 0 Å². The highest BCUT2D eigenvalue weighted by atomic mass is 16.3. The van der Waals surface area contributed by atoms with Gasteiger partial charge in [0.15, 0.2) is 0 Å². The van der Waals surface area contributed by atoms with Crippen molar-refractivity contribution < 1.29 is 8.83 Å². The summed E-state index contributed by atoms with van der Waals surface area (Å²) in [5.41, 5.74) is 23.6. The molecule has 2 heterocycles. The van der Waals surface area contributed by atoms with E-state index in [1.54, 1.807) is 0 Å². The van der Waals surface area contributed by atoms with Gasteiger partial charge in [-0.15, -0.1) is 0 Å². The zero-order chi connectivity index (χ0) is 66.9. The number of hydrogen-bond donors (Lipinski definition) is 0. The third-order valence-electron chi connectivity index (χ3n) is 21.7. The SMILES string of the molecule is c1ccc(-c2cccc(-c3c4ccccc4c(-c4ccc(-c5ccc6oc7cccc8ccc5c6c87)c5ccccc45)c4ccccc34)c2)cc1.c1ccc2c(-c3ccc(-c4c5ccccc5c(-c5ccc(-c6ccc7oc8cccc9ccc6c7c98)cc5)c5ccccc45)cc3)cccc2c1. The van der Waals surface area contributed by atoms with Crippen molar-refractivity contribution in [1.82, 2.24) is 0 Å². The van der Waals surface area contributed by atoms with E-state index in [1.165, 1.54) is 197 Å². The molecular formula is C100H60O2. The van der Waals surface area contributed by atoms with Gasteiger partial charge in [-0.1, -0.05) is 334 Å². The Balaban J connectivity index is 0.000000133. The van der Waals surface area contributed by atoms with E-state index >= 15 is 0 Å². The highest BCUT2D eigenvalue weighted by Gasteiger charge is 2.24. The predicted molar refractivity (Wildman–Crippen MR) is 433 cm³/mol. The molecule has 22 aromatic rings. The molecule has 0 N–H and O–H groups in total. The predicted octanol–water partition coefficient (Wildman–Crippen LogP) is 28.6. The van der Waals surface area contributed by atoms with Crippen LogP contribution in [-0.4, -0.2) is 0 Å². The molecule has 2 aromatic heterocycles. The molecule has 0 aliphatic carbocycles. The van der Waals surface area contributed by atoms with Gasteiger partial charge in [-0.25, -0.2) is 0 Å². The summed E-state index contributed by atoms with van der Waals surface area (Å²) in [4.78, 5) is 0. The molecule has 0 bridgehead atoms. The van der Waals surface area contributed by atoms with Crippen LogP contribution in [0.3, 0.4) is 0 Å². The fourth-order valence-electron chi connectivity index (χ4n) is 17.2. The average Bonchev–Trinajstić information content (AvgIpc) is 0.806. The lowest BCUT2D eigenvalue weighted by molar-refractivity contribution is 0.669. The molecule has 0 atom stereocenters. The first-order valence-corrected chi connectivity index (χ1v) is 35.2. The number of fused-ring (bicyclic) bond motifs is 6. The Morgan fingerprint density at radius 3 is 1.01 bits per heavy atom. The monoisotopic (exact) mass is 1290 g/mol. The van der Waals surface area contributed by atoms with Crippen LogP contribution in [0.25, 0.3) is 219 Å². The zero-order valence-electron chi connectivity index (χ0n) is 55.5. The maximum absolute atomic E-state index is 6.32. The lowest BCUT2D eigenvalue weighted by Gasteiger charge is -2.20. The molecule has 0 aliphatic rings. The Morgan fingerprint density at radius 2 is 0.471 bits per heavy atom. The van der Waals surface area contributed by atoms with Crippen molar-refractivity contribution in [3.63, 3.8) is 0 Å². The van der Waals surface area contributed by atoms with Gasteiger partial charge in [0.25, 0.3) is 0 Å². The van der Waals surface area contributed by atoms with E-state index in [1.807, 2.05) is 0 Å². The molecule has 2 heteroatoms. The molecule has 22 rings (SSSR count). The van der Waals surface area contributed by atoms with Gasteiger partial charge in [-0.3, -0.25) is 0 Å². The van der Waals surface area contributed by atoms with Gasteiger partial charge in [0, 0.05) is 21.5 Å². The highest BCUT2D eigenvalue weighted by molar-refractivity contribution is 6.29. The maximum atomic E-state index is 6.32. The van der Waals surface area contributed by atoms with Crippen molar-refractivity contribution in [2.24, 2.45) is 0 Å². The van der Waals surface area contributed by atoms with Crippen molar-refractivity contribution in [3.8, 4) is 89.0 Å². The maximum Gasteiger partial charge on any atom is 0.136 e. The molecule has 0 aliphatic heterocycles. The van der Waals surface area contributed by atoms with Crippen LogP contribution in [0.15, 0.2) is 373 Å². The molecule has 0 saturated heterocycles. The first-order chi connectivity index (χ1) is 50.6. The van der Waals surface area contributed by atoms with Crippen LogP contribution >= 0.6 is 0 Å². The van der Waals surface area contributed by atoms with Crippen molar-refractivity contribution in [3.05, 3.63) is 364 Å². The van der Waals surface area contributed by atoms with Gasteiger partial charge < -0.3 is 8.83 Å². The normalized spacial score (nSPS) is 11.9. The second kappa shape index (κ2) is 23.1. The van der Waals surface area contributed by atoms with Gasteiger partial charge in [-0.2, -0.15) is 0 Å². The van der Waals surface area contributed by atoms with Crippen molar-refractivity contribution in [2.75, 3.05) is 0 Å². The minimum Gasteiger partial charge on any atom is -0.456 e. The first-order valence-electron chi connectivity index (χ1n) is 35.2. The fourth-order valence-corrected chi connectivity index (χ4v) is 17.2. The molecule has 0 saturated carbocycles. The number of benzene rings is 20. The first kappa shape index (κ1) is 57.6. The Kier molecular flexibility index (Phi) is 13.1. The van der Waals surface area contributed by atoms with Gasteiger partial charge in [-0.05, 0) is 206 Å². The molecule has 472 valence electrons. The summed E-state index contributed by atoms with van der Waals surface area (Å²) < 4.78 is 12.6.